The van der Waals surface area contributed by atoms with Crippen molar-refractivity contribution in [3.8, 4) is 17.6 Å². The molecule has 0 radical (unpaired) electrons. The second-order valence-electron chi connectivity index (χ2n) is 4.45. The van der Waals surface area contributed by atoms with Gasteiger partial charge in [0.25, 0.3) is 0 Å². The van der Waals surface area contributed by atoms with Crippen LogP contribution >= 0.6 is 11.6 Å². The average Bonchev–Trinajstić information content (AvgIpc) is 2.93. The van der Waals surface area contributed by atoms with E-state index in [4.69, 9.17) is 21.1 Å². The largest absolute Gasteiger partial charge is 0.454 e. The molecule has 0 saturated carbocycles. The van der Waals surface area contributed by atoms with Gasteiger partial charge >= 0.3 is 0 Å². The van der Waals surface area contributed by atoms with E-state index in [9.17, 15) is 9.65 Å². The highest BCUT2D eigenvalue weighted by molar-refractivity contribution is 6.32. The van der Waals surface area contributed by atoms with Crippen LogP contribution in [0.2, 0.25) is 5.02 Å². The molecular weight excluding hydrogens is 295 g/mol. The third kappa shape index (κ3) is 2.71. The Morgan fingerprint density at radius 1 is 1.29 bits per heavy atom. The van der Waals surface area contributed by atoms with Gasteiger partial charge in [-0.15, -0.1) is 0 Å². The lowest BCUT2D eigenvalue weighted by molar-refractivity contribution is 0.174. The molecule has 2 aromatic carbocycles. The second-order valence-corrected chi connectivity index (χ2v) is 4.86. The molecule has 1 aliphatic heterocycles. The number of anilines is 1. The number of hydrogen-bond donors (Lipinski definition) is 1. The van der Waals surface area contributed by atoms with E-state index in [-0.39, 0.29) is 12.6 Å². The summed E-state index contributed by atoms with van der Waals surface area (Å²) in [4.78, 5) is 0. The van der Waals surface area contributed by atoms with Crippen LogP contribution in [0.5, 0.6) is 11.5 Å². The van der Waals surface area contributed by atoms with E-state index in [0.717, 1.165) is 0 Å². The molecule has 1 aliphatic rings. The third-order valence-electron chi connectivity index (χ3n) is 3.05. The van der Waals surface area contributed by atoms with Crippen molar-refractivity contribution in [2.45, 2.75) is 6.04 Å². The van der Waals surface area contributed by atoms with Gasteiger partial charge in [-0.25, -0.2) is 4.39 Å². The average molecular weight is 305 g/mol. The highest BCUT2D eigenvalue weighted by Gasteiger charge is 2.21. The summed E-state index contributed by atoms with van der Waals surface area (Å²) in [6.07, 6.45) is 0. The van der Waals surface area contributed by atoms with Crippen molar-refractivity contribution in [2.75, 3.05) is 12.1 Å². The Kier molecular flexibility index (Phi) is 3.55. The molecule has 1 atom stereocenters. The van der Waals surface area contributed by atoms with Crippen molar-refractivity contribution in [3.63, 3.8) is 0 Å². The second kappa shape index (κ2) is 5.51. The Labute approximate surface area is 125 Å². The van der Waals surface area contributed by atoms with Crippen LogP contribution in [0, 0.1) is 17.1 Å². The molecule has 1 unspecified atom stereocenters. The van der Waals surface area contributed by atoms with Crippen molar-refractivity contribution >= 4 is 17.3 Å². The van der Waals surface area contributed by atoms with Crippen LogP contribution in [0.25, 0.3) is 0 Å². The zero-order chi connectivity index (χ0) is 14.8. The standard InChI is InChI=1S/C15H10ClFN2O2/c16-12-4-9(5-14-15(12)21-8-20-14)13(7-18)19-11-3-1-2-10(17)6-11/h1-6,13,19H,8H2. The van der Waals surface area contributed by atoms with Crippen LogP contribution < -0.4 is 14.8 Å². The van der Waals surface area contributed by atoms with Gasteiger partial charge in [0, 0.05) is 5.69 Å². The normalized spacial score (nSPS) is 13.6. The summed E-state index contributed by atoms with van der Waals surface area (Å²) in [5.74, 6) is 0.599. The zero-order valence-corrected chi connectivity index (χ0v) is 11.5. The van der Waals surface area contributed by atoms with Gasteiger partial charge in [-0.2, -0.15) is 5.26 Å². The first-order chi connectivity index (χ1) is 10.2. The molecule has 0 bridgehead atoms. The number of benzene rings is 2. The van der Waals surface area contributed by atoms with Crippen LogP contribution in [-0.4, -0.2) is 6.79 Å². The molecule has 6 heteroatoms. The zero-order valence-electron chi connectivity index (χ0n) is 10.8. The molecule has 0 amide bonds. The van der Waals surface area contributed by atoms with Crippen LogP contribution in [0.4, 0.5) is 10.1 Å². The first-order valence-electron chi connectivity index (χ1n) is 6.18. The van der Waals surface area contributed by atoms with E-state index in [1.54, 1.807) is 24.3 Å². The van der Waals surface area contributed by atoms with E-state index in [1.165, 1.54) is 12.1 Å². The molecule has 1 N–H and O–H groups in total. The maximum absolute atomic E-state index is 13.2. The lowest BCUT2D eigenvalue weighted by Crippen LogP contribution is -2.08. The number of nitrogens with one attached hydrogen (secondary N) is 1. The van der Waals surface area contributed by atoms with Gasteiger partial charge < -0.3 is 14.8 Å². The highest BCUT2D eigenvalue weighted by Crippen LogP contribution is 2.41. The van der Waals surface area contributed by atoms with Gasteiger partial charge in [0.2, 0.25) is 6.79 Å². The summed E-state index contributed by atoms with van der Waals surface area (Å²) < 4.78 is 23.7. The molecule has 21 heavy (non-hydrogen) atoms. The van der Waals surface area contributed by atoms with Crippen LogP contribution in [0.3, 0.4) is 0 Å². The molecule has 0 fully saturated rings. The van der Waals surface area contributed by atoms with Crippen LogP contribution in [-0.2, 0) is 0 Å². The maximum atomic E-state index is 13.2. The molecular formula is C15H10ClFN2O2. The minimum atomic E-state index is -0.682. The Balaban J connectivity index is 1.91. The Morgan fingerprint density at radius 3 is 2.90 bits per heavy atom. The number of hydrogen-bond acceptors (Lipinski definition) is 4. The lowest BCUT2D eigenvalue weighted by Gasteiger charge is -2.14. The van der Waals surface area contributed by atoms with E-state index in [2.05, 4.69) is 11.4 Å². The summed E-state index contributed by atoms with van der Waals surface area (Å²) in [5.41, 5.74) is 1.13. The molecule has 3 rings (SSSR count). The number of nitriles is 1. The predicted octanol–water partition coefficient (Wildman–Crippen LogP) is 3.88. The van der Waals surface area contributed by atoms with Crippen molar-refractivity contribution in [2.24, 2.45) is 0 Å². The minimum absolute atomic E-state index is 0.104. The van der Waals surface area contributed by atoms with Gasteiger partial charge in [0.05, 0.1) is 11.1 Å². The monoisotopic (exact) mass is 304 g/mol. The topological polar surface area (TPSA) is 54.3 Å². The SMILES string of the molecule is N#CC(Nc1cccc(F)c1)c1cc(Cl)c2c(c1)OCO2. The lowest BCUT2D eigenvalue weighted by atomic mass is 10.1. The molecule has 0 aromatic heterocycles. The number of nitrogens with zero attached hydrogens (tertiary/aromatic N) is 1. The molecule has 0 saturated heterocycles. The Bertz CT molecular complexity index is 730. The number of halogens is 2. The summed E-state index contributed by atoms with van der Waals surface area (Å²) >= 11 is 6.10. The van der Waals surface area contributed by atoms with Crippen LogP contribution in [0.1, 0.15) is 11.6 Å². The molecule has 4 nitrogen and oxygen atoms in total. The summed E-state index contributed by atoms with van der Waals surface area (Å²) in [5, 5.41) is 12.7. The summed E-state index contributed by atoms with van der Waals surface area (Å²) in [6, 6.07) is 10.7. The number of rotatable bonds is 3. The van der Waals surface area contributed by atoms with Gasteiger partial charge in [-0.3, -0.25) is 0 Å². The maximum Gasteiger partial charge on any atom is 0.231 e. The van der Waals surface area contributed by atoms with E-state index in [0.29, 0.717) is 27.8 Å². The van der Waals surface area contributed by atoms with Gasteiger partial charge in [0.15, 0.2) is 11.5 Å². The van der Waals surface area contributed by atoms with Crippen molar-refractivity contribution in [3.05, 3.63) is 52.8 Å². The minimum Gasteiger partial charge on any atom is -0.454 e. The summed E-state index contributed by atoms with van der Waals surface area (Å²) in [7, 11) is 0. The first-order valence-corrected chi connectivity index (χ1v) is 6.56. The molecule has 0 spiro atoms. The fourth-order valence-electron chi connectivity index (χ4n) is 2.09. The molecule has 106 valence electrons. The molecule has 1 heterocycles. The third-order valence-corrected chi connectivity index (χ3v) is 3.33. The van der Waals surface area contributed by atoms with Crippen molar-refractivity contribution in [1.82, 2.24) is 0 Å². The Morgan fingerprint density at radius 2 is 2.14 bits per heavy atom. The molecule has 2 aromatic rings. The van der Waals surface area contributed by atoms with Gasteiger partial charge in [-0.1, -0.05) is 17.7 Å². The van der Waals surface area contributed by atoms with Gasteiger partial charge in [-0.05, 0) is 35.9 Å². The van der Waals surface area contributed by atoms with Crippen molar-refractivity contribution < 1.29 is 13.9 Å². The number of ether oxygens (including phenoxy) is 2. The van der Waals surface area contributed by atoms with Crippen molar-refractivity contribution in [1.29, 1.82) is 5.26 Å². The Hall–Kier alpha value is -2.45. The quantitative estimate of drug-likeness (QED) is 0.935. The predicted molar refractivity (Wildman–Crippen MR) is 76.0 cm³/mol. The van der Waals surface area contributed by atoms with Crippen LogP contribution in [0.15, 0.2) is 36.4 Å². The molecule has 0 aliphatic carbocycles. The fraction of sp³-hybridized carbons (Fsp3) is 0.133. The first kappa shape index (κ1) is 13.5. The van der Waals surface area contributed by atoms with E-state index in [1.807, 2.05) is 0 Å². The van der Waals surface area contributed by atoms with E-state index < -0.39 is 6.04 Å². The number of fused-ring (bicyclic) bond motifs is 1. The smallest absolute Gasteiger partial charge is 0.231 e. The van der Waals surface area contributed by atoms with Gasteiger partial charge in [0.1, 0.15) is 11.9 Å². The highest BCUT2D eigenvalue weighted by atomic mass is 35.5. The summed E-state index contributed by atoms with van der Waals surface area (Å²) in [6.45, 7) is 0.104. The van der Waals surface area contributed by atoms with E-state index >= 15 is 0 Å². The fourth-order valence-corrected chi connectivity index (χ4v) is 2.36.